The molecule has 3 heteroatoms. The molecule has 0 amide bonds. The van der Waals surface area contributed by atoms with Crippen molar-refractivity contribution in [2.75, 3.05) is 0 Å². The number of hydrogen-bond donors (Lipinski definition) is 0. The van der Waals surface area contributed by atoms with Gasteiger partial charge in [-0.1, -0.05) is 67.2 Å². The third-order valence-corrected chi connectivity index (χ3v) is 2.31. The summed E-state index contributed by atoms with van der Waals surface area (Å²) < 4.78 is 4.68. The highest BCUT2D eigenvalue weighted by Gasteiger charge is 2.18. The molecule has 0 saturated heterocycles. The molecule has 1 aromatic carbocycles. The Balaban J connectivity index is 2.80. The van der Waals surface area contributed by atoms with E-state index in [4.69, 9.17) is 11.6 Å². The van der Waals surface area contributed by atoms with Gasteiger partial charge in [-0.25, -0.2) is 0 Å². The molecule has 0 N–H and O–H groups in total. The van der Waals surface area contributed by atoms with E-state index < -0.39 is 11.9 Å². The molecule has 1 unspecified atom stereocenters. The minimum Gasteiger partial charge on any atom is -0.434 e. The normalized spacial score (nSPS) is 12.1. The van der Waals surface area contributed by atoms with Crippen LogP contribution in [0.2, 0.25) is 0 Å². The minimum absolute atomic E-state index is 0.212. The number of rotatable bonds is 5. The highest BCUT2D eigenvalue weighted by molar-refractivity contribution is 6.31. The summed E-state index contributed by atoms with van der Waals surface area (Å²) in [5.74, 6) is -1.16. The number of benzene rings is 1. The minimum atomic E-state index is -0.671. The summed E-state index contributed by atoms with van der Waals surface area (Å²) in [6.45, 7) is 6.87. The van der Waals surface area contributed by atoms with E-state index in [0.717, 1.165) is 11.8 Å². The Kier molecular flexibility index (Phi) is 5.24. The van der Waals surface area contributed by atoms with Crippen molar-refractivity contribution < 1.29 is 9.53 Å². The van der Waals surface area contributed by atoms with Gasteiger partial charge in [-0.05, 0) is 5.56 Å². The molecule has 0 spiro atoms. The quantitative estimate of drug-likeness (QED) is 0.586. The Labute approximate surface area is 106 Å². The molecule has 0 aliphatic heterocycles. The van der Waals surface area contributed by atoms with Crippen LogP contribution in [-0.4, -0.2) is 5.97 Å². The first kappa shape index (κ1) is 13.3. The number of hydrogen-bond acceptors (Lipinski definition) is 2. The van der Waals surface area contributed by atoms with Crippen LogP contribution in [0.4, 0.5) is 0 Å². The summed E-state index contributed by atoms with van der Waals surface area (Å²) in [4.78, 5) is 11.5. The van der Waals surface area contributed by atoms with Crippen molar-refractivity contribution in [1.29, 1.82) is 0 Å². The predicted molar refractivity (Wildman–Crippen MR) is 70.2 cm³/mol. The number of carbonyl (C=O) groups is 1. The lowest BCUT2D eigenvalue weighted by Gasteiger charge is -2.07. The molecule has 0 fully saturated rings. The predicted octanol–water partition coefficient (Wildman–Crippen LogP) is 3.76. The zero-order valence-corrected chi connectivity index (χ0v) is 10.1. The highest BCUT2D eigenvalue weighted by Crippen LogP contribution is 2.18. The summed E-state index contributed by atoms with van der Waals surface area (Å²) in [5, 5.41) is 0.212. The Morgan fingerprint density at radius 2 is 2.00 bits per heavy atom. The Morgan fingerprint density at radius 1 is 1.35 bits per heavy atom. The molecule has 0 aliphatic carbocycles. The van der Waals surface area contributed by atoms with Crippen LogP contribution in [0.15, 0.2) is 60.9 Å². The Hall–Kier alpha value is -1.80. The first-order chi connectivity index (χ1) is 8.15. The highest BCUT2D eigenvalue weighted by atomic mass is 35.5. The molecular weight excluding hydrogens is 236 g/mol. The summed E-state index contributed by atoms with van der Waals surface area (Å²) in [5.41, 5.74) is 0.974. The van der Waals surface area contributed by atoms with Crippen LogP contribution >= 0.6 is 11.6 Å². The number of carbonyl (C=O) groups excluding carboxylic acids is 1. The molecule has 2 nitrogen and oxygen atoms in total. The Bertz CT molecular complexity index is 435. The second kappa shape index (κ2) is 6.71. The summed E-state index contributed by atoms with van der Waals surface area (Å²) in [6.07, 6.45) is 4.52. The van der Waals surface area contributed by atoms with E-state index in [0.29, 0.717) is 0 Å². The zero-order valence-electron chi connectivity index (χ0n) is 9.30. The van der Waals surface area contributed by atoms with Crippen LogP contribution < -0.4 is 0 Å². The maximum Gasteiger partial charge on any atom is 0.322 e. The number of esters is 1. The molecule has 1 atom stereocenters. The summed E-state index contributed by atoms with van der Waals surface area (Å²) in [6, 6.07) is 9.58. The molecule has 1 rings (SSSR count). The van der Waals surface area contributed by atoms with Crippen molar-refractivity contribution in [3.63, 3.8) is 0 Å². The second-order valence-corrected chi connectivity index (χ2v) is 3.78. The lowest BCUT2D eigenvalue weighted by Crippen LogP contribution is -2.13. The third-order valence-electron chi connectivity index (χ3n) is 2.07. The fourth-order valence-corrected chi connectivity index (χ4v) is 1.40. The molecule has 0 heterocycles. The molecule has 88 valence electrons. The molecule has 0 aliphatic rings. The first-order valence-electron chi connectivity index (χ1n) is 5.04. The maximum absolute atomic E-state index is 11.5. The van der Waals surface area contributed by atoms with Crippen molar-refractivity contribution in [1.82, 2.24) is 0 Å². The van der Waals surface area contributed by atoms with Gasteiger partial charge in [0.15, 0.2) is 0 Å². The number of halogens is 1. The number of ether oxygens (including phenoxy) is 1. The van der Waals surface area contributed by atoms with Gasteiger partial charge in [0.2, 0.25) is 0 Å². The molecule has 1 aromatic rings. The average Bonchev–Trinajstić information content (AvgIpc) is 2.30. The van der Waals surface area contributed by atoms with Crippen LogP contribution in [-0.2, 0) is 9.53 Å². The van der Waals surface area contributed by atoms with Gasteiger partial charge in [0.1, 0.15) is 5.92 Å². The van der Waals surface area contributed by atoms with E-state index >= 15 is 0 Å². The van der Waals surface area contributed by atoms with Crippen molar-refractivity contribution in [2.24, 2.45) is 5.92 Å². The fraction of sp³-hybridized carbons (Fsp3) is 0.0714. The van der Waals surface area contributed by atoms with Gasteiger partial charge in [-0.15, -0.1) is 0 Å². The van der Waals surface area contributed by atoms with Gasteiger partial charge in [0.05, 0.1) is 6.26 Å². The smallest absolute Gasteiger partial charge is 0.322 e. The average molecular weight is 249 g/mol. The van der Waals surface area contributed by atoms with E-state index in [-0.39, 0.29) is 5.03 Å². The van der Waals surface area contributed by atoms with E-state index in [9.17, 15) is 4.79 Å². The van der Waals surface area contributed by atoms with Crippen LogP contribution in [0.25, 0.3) is 6.08 Å². The summed E-state index contributed by atoms with van der Waals surface area (Å²) in [7, 11) is 0. The van der Waals surface area contributed by atoms with Crippen molar-refractivity contribution >= 4 is 23.6 Å². The van der Waals surface area contributed by atoms with Gasteiger partial charge >= 0.3 is 5.97 Å². The first-order valence-corrected chi connectivity index (χ1v) is 5.42. The summed E-state index contributed by atoms with van der Waals surface area (Å²) >= 11 is 5.76. The molecule has 0 saturated carbocycles. The van der Waals surface area contributed by atoms with Gasteiger partial charge in [0, 0.05) is 5.03 Å². The topological polar surface area (TPSA) is 26.3 Å². The maximum atomic E-state index is 11.5. The van der Waals surface area contributed by atoms with Crippen molar-refractivity contribution in [3.8, 4) is 0 Å². The second-order valence-electron chi connectivity index (χ2n) is 3.30. The van der Waals surface area contributed by atoms with Gasteiger partial charge in [-0.2, -0.15) is 0 Å². The standard InChI is InChI=1S/C14H13ClO2/c1-3-17-14(16)13(11(2)15)10-9-12-7-5-4-6-8-12/h3-10,13H,1-2H2. The van der Waals surface area contributed by atoms with Crippen LogP contribution in [0, 0.1) is 5.92 Å². The van der Waals surface area contributed by atoms with Crippen LogP contribution in [0.3, 0.4) is 0 Å². The SMILES string of the molecule is C=COC(=O)C(C=Cc1ccccc1)C(=C)Cl. The molecule has 0 aromatic heterocycles. The van der Waals surface area contributed by atoms with Gasteiger partial charge in [0.25, 0.3) is 0 Å². The largest absolute Gasteiger partial charge is 0.434 e. The van der Waals surface area contributed by atoms with Gasteiger partial charge in [-0.3, -0.25) is 4.79 Å². The monoisotopic (exact) mass is 248 g/mol. The lowest BCUT2D eigenvalue weighted by molar-refractivity contribution is -0.139. The molecule has 0 bridgehead atoms. The van der Waals surface area contributed by atoms with Gasteiger partial charge < -0.3 is 4.74 Å². The van der Waals surface area contributed by atoms with E-state index in [1.165, 1.54) is 0 Å². The molecule has 17 heavy (non-hydrogen) atoms. The molecule has 0 radical (unpaired) electrons. The van der Waals surface area contributed by atoms with Crippen LogP contribution in [0.1, 0.15) is 5.56 Å². The fourth-order valence-electron chi connectivity index (χ4n) is 1.24. The third kappa shape index (κ3) is 4.29. The Morgan fingerprint density at radius 3 is 2.53 bits per heavy atom. The zero-order chi connectivity index (χ0) is 12.7. The molecular formula is C14H13ClO2. The lowest BCUT2D eigenvalue weighted by atomic mass is 10.1. The van der Waals surface area contributed by atoms with E-state index in [1.54, 1.807) is 12.2 Å². The van der Waals surface area contributed by atoms with Crippen molar-refractivity contribution in [2.45, 2.75) is 0 Å². The van der Waals surface area contributed by atoms with E-state index in [2.05, 4.69) is 17.9 Å². The van der Waals surface area contributed by atoms with Crippen LogP contribution in [0.5, 0.6) is 0 Å². The van der Waals surface area contributed by atoms with E-state index in [1.807, 2.05) is 30.3 Å². The van der Waals surface area contributed by atoms with Crippen molar-refractivity contribution in [3.05, 3.63) is 66.4 Å².